The van der Waals surface area contributed by atoms with Crippen LogP contribution in [0.4, 0.5) is 8.78 Å². The number of benzene rings is 2. The normalized spacial score (nSPS) is 10.2. The molecule has 2 aromatic rings. The van der Waals surface area contributed by atoms with Crippen molar-refractivity contribution in [1.82, 2.24) is 0 Å². The Kier molecular flexibility index (Phi) is 3.37. The maximum Gasteiger partial charge on any atom is 0.340 e. The highest BCUT2D eigenvalue weighted by Crippen LogP contribution is 2.24. The van der Waals surface area contributed by atoms with E-state index in [9.17, 15) is 13.6 Å². The quantitative estimate of drug-likeness (QED) is 0.761. The van der Waals surface area contributed by atoms with Gasteiger partial charge in [-0.2, -0.15) is 0 Å². The number of carbonyl (C=O) groups is 1. The maximum atomic E-state index is 13.6. The van der Waals surface area contributed by atoms with E-state index in [2.05, 4.69) is 4.74 Å². The lowest BCUT2D eigenvalue weighted by atomic mass is 10.0. The summed E-state index contributed by atoms with van der Waals surface area (Å²) in [5.41, 5.74) is 0.524. The first-order valence-electron chi connectivity index (χ1n) is 5.26. The highest BCUT2D eigenvalue weighted by atomic mass is 19.1. The number of hydrogen-bond acceptors (Lipinski definition) is 2. The van der Waals surface area contributed by atoms with Gasteiger partial charge in [0.2, 0.25) is 0 Å². The first-order valence-corrected chi connectivity index (χ1v) is 5.26. The topological polar surface area (TPSA) is 26.3 Å². The van der Waals surface area contributed by atoms with Crippen LogP contribution < -0.4 is 0 Å². The van der Waals surface area contributed by atoms with E-state index in [4.69, 9.17) is 0 Å². The number of halogens is 2. The summed E-state index contributed by atoms with van der Waals surface area (Å²) < 4.78 is 31.5. The Hall–Kier alpha value is -2.23. The summed E-state index contributed by atoms with van der Waals surface area (Å²) >= 11 is 0. The Morgan fingerprint density at radius 2 is 1.78 bits per heavy atom. The van der Waals surface area contributed by atoms with Crippen LogP contribution in [-0.4, -0.2) is 13.1 Å². The number of carbonyl (C=O) groups excluding carboxylic acids is 1. The second-order valence-corrected chi connectivity index (χ2v) is 3.67. The van der Waals surface area contributed by atoms with Gasteiger partial charge in [-0.15, -0.1) is 0 Å². The molecule has 0 amide bonds. The van der Waals surface area contributed by atoms with E-state index in [0.29, 0.717) is 11.1 Å². The molecule has 0 radical (unpaired) electrons. The van der Waals surface area contributed by atoms with Crippen LogP contribution in [0.5, 0.6) is 0 Å². The molecule has 18 heavy (non-hydrogen) atoms. The lowest BCUT2D eigenvalue weighted by molar-refractivity contribution is 0.0595. The zero-order valence-electron chi connectivity index (χ0n) is 9.61. The van der Waals surface area contributed by atoms with Gasteiger partial charge in [-0.05, 0) is 23.8 Å². The fourth-order valence-corrected chi connectivity index (χ4v) is 1.65. The van der Waals surface area contributed by atoms with E-state index in [0.717, 1.165) is 13.2 Å². The number of rotatable bonds is 2. The fourth-order valence-electron chi connectivity index (χ4n) is 1.65. The van der Waals surface area contributed by atoms with E-state index >= 15 is 0 Å². The van der Waals surface area contributed by atoms with Crippen LogP contribution in [0.2, 0.25) is 0 Å². The summed E-state index contributed by atoms with van der Waals surface area (Å²) in [6.07, 6.45) is 0. The van der Waals surface area contributed by atoms with Crippen LogP contribution in [-0.2, 0) is 4.74 Å². The second kappa shape index (κ2) is 4.96. The molecule has 0 bridgehead atoms. The van der Waals surface area contributed by atoms with Crippen molar-refractivity contribution in [3.8, 4) is 11.1 Å². The molecule has 2 rings (SSSR count). The van der Waals surface area contributed by atoms with Crippen molar-refractivity contribution in [2.75, 3.05) is 7.11 Å². The van der Waals surface area contributed by atoms with Crippen LogP contribution in [0.3, 0.4) is 0 Å². The van der Waals surface area contributed by atoms with E-state index in [1.807, 2.05) is 0 Å². The maximum absolute atomic E-state index is 13.6. The van der Waals surface area contributed by atoms with Gasteiger partial charge in [0.1, 0.15) is 11.6 Å². The third kappa shape index (κ3) is 2.22. The molecule has 2 aromatic carbocycles. The smallest absolute Gasteiger partial charge is 0.340 e. The highest BCUT2D eigenvalue weighted by Gasteiger charge is 2.14. The molecule has 0 heterocycles. The average Bonchev–Trinajstić information content (AvgIpc) is 2.39. The molecule has 2 nitrogen and oxygen atoms in total. The monoisotopic (exact) mass is 248 g/mol. The molecule has 0 aliphatic carbocycles. The molecule has 4 heteroatoms. The largest absolute Gasteiger partial charge is 0.465 e. The van der Waals surface area contributed by atoms with Gasteiger partial charge in [0.05, 0.1) is 12.7 Å². The number of methoxy groups -OCH3 is 1. The Morgan fingerprint density at radius 1 is 1.06 bits per heavy atom. The van der Waals surface area contributed by atoms with Crippen LogP contribution >= 0.6 is 0 Å². The van der Waals surface area contributed by atoms with E-state index < -0.39 is 17.6 Å². The van der Waals surface area contributed by atoms with Crippen molar-refractivity contribution in [3.05, 3.63) is 59.7 Å². The van der Waals surface area contributed by atoms with Crippen LogP contribution in [0.1, 0.15) is 10.4 Å². The molecular formula is C14H10F2O2. The molecule has 0 fully saturated rings. The van der Waals surface area contributed by atoms with Gasteiger partial charge in [-0.3, -0.25) is 0 Å². The second-order valence-electron chi connectivity index (χ2n) is 3.67. The third-order valence-corrected chi connectivity index (χ3v) is 2.56. The van der Waals surface area contributed by atoms with Gasteiger partial charge in [-0.25, -0.2) is 13.6 Å². The molecule has 0 N–H and O–H groups in total. The summed E-state index contributed by atoms with van der Waals surface area (Å²) in [6, 6.07) is 9.90. The molecule has 0 unspecified atom stereocenters. The zero-order chi connectivity index (χ0) is 13.1. The molecule has 0 aromatic heterocycles. The Labute approximate surface area is 103 Å². The van der Waals surface area contributed by atoms with Crippen LogP contribution in [0, 0.1) is 11.6 Å². The Balaban J connectivity index is 2.54. The molecule has 0 aliphatic heterocycles. The van der Waals surface area contributed by atoms with Gasteiger partial charge in [-0.1, -0.05) is 24.3 Å². The molecule has 0 saturated heterocycles. The lowest BCUT2D eigenvalue weighted by Crippen LogP contribution is -2.04. The van der Waals surface area contributed by atoms with Crippen LogP contribution in [0.15, 0.2) is 42.5 Å². The third-order valence-electron chi connectivity index (χ3n) is 2.56. The number of ether oxygens (including phenoxy) is 1. The van der Waals surface area contributed by atoms with Gasteiger partial charge < -0.3 is 4.74 Å². The first kappa shape index (κ1) is 12.2. The van der Waals surface area contributed by atoms with Gasteiger partial charge in [0.15, 0.2) is 0 Å². The minimum atomic E-state index is -0.786. The number of esters is 1. The van der Waals surface area contributed by atoms with Gasteiger partial charge >= 0.3 is 5.97 Å². The van der Waals surface area contributed by atoms with Gasteiger partial charge in [0, 0.05) is 5.56 Å². The summed E-state index contributed by atoms with van der Waals surface area (Å²) in [4.78, 5) is 11.3. The number of hydrogen-bond donors (Lipinski definition) is 0. The fraction of sp³-hybridized carbons (Fsp3) is 0.0714. The molecule has 0 saturated carbocycles. The summed E-state index contributed by atoms with van der Waals surface area (Å²) in [6.45, 7) is 0. The molecule has 92 valence electrons. The molecule has 0 atom stereocenters. The van der Waals surface area contributed by atoms with Crippen molar-refractivity contribution < 1.29 is 18.3 Å². The van der Waals surface area contributed by atoms with Crippen molar-refractivity contribution >= 4 is 5.97 Å². The van der Waals surface area contributed by atoms with E-state index in [1.165, 1.54) is 18.2 Å². The summed E-state index contributed by atoms with van der Waals surface area (Å²) in [5.74, 6) is -1.91. The molecule has 0 aliphatic rings. The minimum absolute atomic E-state index is 0.210. The Bertz CT molecular complexity index is 594. The zero-order valence-corrected chi connectivity index (χ0v) is 9.61. The van der Waals surface area contributed by atoms with Crippen molar-refractivity contribution in [2.45, 2.75) is 0 Å². The highest BCUT2D eigenvalue weighted by molar-refractivity contribution is 5.91. The van der Waals surface area contributed by atoms with Crippen molar-refractivity contribution in [2.24, 2.45) is 0 Å². The lowest BCUT2D eigenvalue weighted by Gasteiger charge is -2.06. The standard InChI is InChI=1S/C14H10F2O2/c1-18-14(17)11-8-9(6-7-13(11)16)10-4-2-3-5-12(10)15/h2-8H,1H3. The predicted octanol–water partition coefficient (Wildman–Crippen LogP) is 3.42. The SMILES string of the molecule is COC(=O)c1cc(-c2ccccc2F)ccc1F. The van der Waals surface area contributed by atoms with Crippen molar-refractivity contribution in [3.63, 3.8) is 0 Å². The van der Waals surface area contributed by atoms with Gasteiger partial charge in [0.25, 0.3) is 0 Å². The summed E-state index contributed by atoms with van der Waals surface area (Å²) in [7, 11) is 1.16. The predicted molar refractivity (Wildman–Crippen MR) is 63.1 cm³/mol. The summed E-state index contributed by atoms with van der Waals surface area (Å²) in [5, 5.41) is 0. The molecule has 0 spiro atoms. The first-order chi connectivity index (χ1) is 8.63. The van der Waals surface area contributed by atoms with Crippen LogP contribution in [0.25, 0.3) is 11.1 Å². The Morgan fingerprint density at radius 3 is 2.44 bits per heavy atom. The minimum Gasteiger partial charge on any atom is -0.465 e. The average molecular weight is 248 g/mol. The molecular weight excluding hydrogens is 238 g/mol. The van der Waals surface area contributed by atoms with E-state index in [1.54, 1.807) is 18.2 Å². The van der Waals surface area contributed by atoms with E-state index in [-0.39, 0.29) is 5.56 Å². The van der Waals surface area contributed by atoms with Crippen molar-refractivity contribution in [1.29, 1.82) is 0 Å².